The van der Waals surface area contributed by atoms with Gasteiger partial charge in [0.15, 0.2) is 0 Å². The van der Waals surface area contributed by atoms with Gasteiger partial charge in [-0.2, -0.15) is 0 Å². The zero-order valence-electron chi connectivity index (χ0n) is 16.0. The van der Waals surface area contributed by atoms with Crippen molar-refractivity contribution in [3.8, 4) is 5.75 Å². The Labute approximate surface area is 165 Å². The minimum atomic E-state index is 0.0994. The minimum Gasteiger partial charge on any atom is -0.487 e. The van der Waals surface area contributed by atoms with E-state index < -0.39 is 0 Å². The number of ether oxygens (including phenoxy) is 1. The monoisotopic (exact) mass is 372 g/mol. The molecule has 0 aliphatic heterocycles. The smallest absolute Gasteiger partial charge is 0.254 e. The maximum atomic E-state index is 13.0. The highest BCUT2D eigenvalue weighted by molar-refractivity contribution is 5.94. The SMILES string of the molecule is Cc1ccc(C(=O)N(Cc2cccc(OCc3ccccn3)c2)C2CC2)cc1. The van der Waals surface area contributed by atoms with Gasteiger partial charge < -0.3 is 9.64 Å². The van der Waals surface area contributed by atoms with Crippen LogP contribution in [0.25, 0.3) is 0 Å². The number of rotatable bonds is 7. The molecule has 0 bridgehead atoms. The highest BCUT2D eigenvalue weighted by Gasteiger charge is 2.33. The Morgan fingerprint density at radius 3 is 2.61 bits per heavy atom. The van der Waals surface area contributed by atoms with Gasteiger partial charge in [0.1, 0.15) is 12.4 Å². The van der Waals surface area contributed by atoms with Crippen LogP contribution in [0.15, 0.2) is 72.9 Å². The normalized spacial score (nSPS) is 13.2. The molecule has 1 aromatic heterocycles. The molecule has 0 spiro atoms. The van der Waals surface area contributed by atoms with Crippen molar-refractivity contribution in [1.82, 2.24) is 9.88 Å². The Morgan fingerprint density at radius 1 is 1.07 bits per heavy atom. The molecule has 1 saturated carbocycles. The van der Waals surface area contributed by atoms with E-state index in [4.69, 9.17) is 4.74 Å². The van der Waals surface area contributed by atoms with Crippen molar-refractivity contribution in [3.05, 3.63) is 95.3 Å². The Kier molecular flexibility index (Phi) is 5.38. The molecule has 3 aromatic rings. The highest BCUT2D eigenvalue weighted by atomic mass is 16.5. The van der Waals surface area contributed by atoms with Crippen LogP contribution in [0, 0.1) is 6.92 Å². The number of amides is 1. The molecule has 0 atom stereocenters. The number of carbonyl (C=O) groups is 1. The Hall–Kier alpha value is -3.14. The third-order valence-corrected chi connectivity index (χ3v) is 4.91. The second kappa shape index (κ2) is 8.26. The van der Waals surface area contributed by atoms with Gasteiger partial charge in [-0.05, 0) is 61.7 Å². The Balaban J connectivity index is 1.45. The van der Waals surface area contributed by atoms with Crippen LogP contribution in [0.5, 0.6) is 5.75 Å². The predicted molar refractivity (Wildman–Crippen MR) is 109 cm³/mol. The second-order valence-corrected chi connectivity index (χ2v) is 7.29. The van der Waals surface area contributed by atoms with Gasteiger partial charge in [0.05, 0.1) is 5.69 Å². The lowest BCUT2D eigenvalue weighted by atomic mass is 10.1. The first kappa shape index (κ1) is 18.2. The van der Waals surface area contributed by atoms with Crippen LogP contribution in [-0.4, -0.2) is 21.8 Å². The van der Waals surface area contributed by atoms with E-state index >= 15 is 0 Å². The standard InChI is InChI=1S/C24H24N2O2/c1-18-8-10-20(11-9-18)24(27)26(22-12-13-22)16-19-5-4-7-23(15-19)28-17-21-6-2-3-14-25-21/h2-11,14-15,22H,12-13,16-17H2,1H3. The number of aryl methyl sites for hydroxylation is 1. The fourth-order valence-corrected chi connectivity index (χ4v) is 3.19. The molecule has 1 fully saturated rings. The maximum Gasteiger partial charge on any atom is 0.254 e. The maximum absolute atomic E-state index is 13.0. The number of pyridine rings is 1. The van der Waals surface area contributed by atoms with Crippen LogP contribution in [0.4, 0.5) is 0 Å². The van der Waals surface area contributed by atoms with Crippen LogP contribution in [0.3, 0.4) is 0 Å². The molecule has 142 valence electrons. The van der Waals surface area contributed by atoms with Crippen LogP contribution < -0.4 is 4.74 Å². The molecule has 1 aliphatic rings. The van der Waals surface area contributed by atoms with Gasteiger partial charge >= 0.3 is 0 Å². The Bertz CT molecular complexity index is 934. The van der Waals surface area contributed by atoms with E-state index in [1.807, 2.05) is 78.6 Å². The van der Waals surface area contributed by atoms with Crippen molar-refractivity contribution in [2.75, 3.05) is 0 Å². The fourth-order valence-electron chi connectivity index (χ4n) is 3.19. The summed E-state index contributed by atoms with van der Waals surface area (Å²) in [6, 6.07) is 21.9. The molecule has 4 rings (SSSR count). The first-order valence-corrected chi connectivity index (χ1v) is 9.68. The molecule has 28 heavy (non-hydrogen) atoms. The predicted octanol–water partition coefficient (Wildman–Crippen LogP) is 4.77. The summed E-state index contributed by atoms with van der Waals surface area (Å²) < 4.78 is 5.88. The van der Waals surface area contributed by atoms with Crippen LogP contribution in [-0.2, 0) is 13.2 Å². The van der Waals surface area contributed by atoms with E-state index in [-0.39, 0.29) is 5.91 Å². The van der Waals surface area contributed by atoms with Crippen LogP contribution >= 0.6 is 0 Å². The summed E-state index contributed by atoms with van der Waals surface area (Å²) in [5.41, 5.74) is 3.88. The third kappa shape index (κ3) is 4.58. The minimum absolute atomic E-state index is 0.0994. The van der Waals surface area contributed by atoms with Gasteiger partial charge in [0.2, 0.25) is 0 Å². The van der Waals surface area contributed by atoms with Crippen molar-refractivity contribution in [2.45, 2.75) is 39.0 Å². The first-order valence-electron chi connectivity index (χ1n) is 9.68. The molecule has 0 radical (unpaired) electrons. The number of hydrogen-bond acceptors (Lipinski definition) is 3. The van der Waals surface area contributed by atoms with Gasteiger partial charge in [0, 0.05) is 24.3 Å². The summed E-state index contributed by atoms with van der Waals surface area (Å²) in [5, 5.41) is 0. The molecule has 4 heteroatoms. The molecule has 0 unspecified atom stereocenters. The van der Waals surface area contributed by atoms with E-state index in [1.165, 1.54) is 0 Å². The lowest BCUT2D eigenvalue weighted by Crippen LogP contribution is -2.32. The fraction of sp³-hybridized carbons (Fsp3) is 0.250. The van der Waals surface area contributed by atoms with E-state index in [2.05, 4.69) is 4.98 Å². The van der Waals surface area contributed by atoms with Gasteiger partial charge in [-0.25, -0.2) is 0 Å². The summed E-state index contributed by atoms with van der Waals surface area (Å²) in [6.07, 6.45) is 3.92. The molecule has 4 nitrogen and oxygen atoms in total. The molecular weight excluding hydrogens is 348 g/mol. The average Bonchev–Trinajstić information content (AvgIpc) is 3.57. The van der Waals surface area contributed by atoms with Crippen molar-refractivity contribution in [3.63, 3.8) is 0 Å². The molecular formula is C24H24N2O2. The van der Waals surface area contributed by atoms with E-state index in [1.54, 1.807) is 6.20 Å². The third-order valence-electron chi connectivity index (χ3n) is 4.91. The largest absolute Gasteiger partial charge is 0.487 e. The zero-order chi connectivity index (χ0) is 19.3. The molecule has 0 saturated heterocycles. The second-order valence-electron chi connectivity index (χ2n) is 7.29. The van der Waals surface area contributed by atoms with E-state index in [9.17, 15) is 4.79 Å². The zero-order valence-corrected chi connectivity index (χ0v) is 16.0. The topological polar surface area (TPSA) is 42.4 Å². The van der Waals surface area contributed by atoms with Gasteiger partial charge in [-0.1, -0.05) is 35.9 Å². The van der Waals surface area contributed by atoms with E-state index in [0.717, 1.165) is 41.0 Å². The number of carbonyl (C=O) groups excluding carboxylic acids is 1. The summed E-state index contributed by atoms with van der Waals surface area (Å²) in [7, 11) is 0. The average molecular weight is 372 g/mol. The summed E-state index contributed by atoms with van der Waals surface area (Å²) in [4.78, 5) is 19.3. The molecule has 1 amide bonds. The number of nitrogens with zero attached hydrogens (tertiary/aromatic N) is 2. The van der Waals surface area contributed by atoms with Crippen molar-refractivity contribution < 1.29 is 9.53 Å². The Morgan fingerprint density at radius 2 is 1.89 bits per heavy atom. The van der Waals surface area contributed by atoms with Gasteiger partial charge in [0.25, 0.3) is 5.91 Å². The van der Waals surface area contributed by atoms with Crippen molar-refractivity contribution in [1.29, 1.82) is 0 Å². The number of benzene rings is 2. The van der Waals surface area contributed by atoms with E-state index in [0.29, 0.717) is 19.2 Å². The summed E-state index contributed by atoms with van der Waals surface area (Å²) in [5.74, 6) is 0.893. The molecule has 1 heterocycles. The lowest BCUT2D eigenvalue weighted by molar-refractivity contribution is 0.0729. The van der Waals surface area contributed by atoms with Gasteiger partial charge in [-0.3, -0.25) is 9.78 Å². The molecule has 0 N–H and O–H groups in total. The van der Waals surface area contributed by atoms with Crippen molar-refractivity contribution >= 4 is 5.91 Å². The first-order chi connectivity index (χ1) is 13.7. The van der Waals surface area contributed by atoms with Crippen molar-refractivity contribution in [2.24, 2.45) is 0 Å². The summed E-state index contributed by atoms with van der Waals surface area (Å²) >= 11 is 0. The van der Waals surface area contributed by atoms with Crippen LogP contribution in [0.1, 0.15) is 40.0 Å². The number of aromatic nitrogens is 1. The lowest BCUT2D eigenvalue weighted by Gasteiger charge is -2.23. The van der Waals surface area contributed by atoms with Crippen LogP contribution in [0.2, 0.25) is 0 Å². The highest BCUT2D eigenvalue weighted by Crippen LogP contribution is 2.30. The molecule has 1 aliphatic carbocycles. The quantitative estimate of drug-likeness (QED) is 0.600. The van der Waals surface area contributed by atoms with Gasteiger partial charge in [-0.15, -0.1) is 0 Å². The number of hydrogen-bond donors (Lipinski definition) is 0. The molecule has 2 aromatic carbocycles. The summed E-state index contributed by atoms with van der Waals surface area (Å²) in [6.45, 7) is 3.06.